The average molecular weight is 497 g/mol. The Bertz CT molecular complexity index is 1090. The van der Waals surface area contributed by atoms with Crippen LogP contribution in [-0.4, -0.2) is 35.9 Å². The summed E-state index contributed by atoms with van der Waals surface area (Å²) in [6, 6.07) is 21.5. The molecule has 0 aliphatic carbocycles. The van der Waals surface area contributed by atoms with E-state index < -0.39 is 11.9 Å². The summed E-state index contributed by atoms with van der Waals surface area (Å²) in [5.41, 5.74) is 1.66. The van der Waals surface area contributed by atoms with Crippen LogP contribution in [0.2, 0.25) is 5.02 Å². The van der Waals surface area contributed by atoms with E-state index in [0.29, 0.717) is 23.7 Å². The maximum atomic E-state index is 13.5. The number of ether oxygens (including phenoxy) is 1. The maximum absolute atomic E-state index is 13.5. The predicted molar refractivity (Wildman–Crippen MR) is 136 cm³/mol. The molecule has 2 amide bonds. The van der Waals surface area contributed by atoms with E-state index in [1.807, 2.05) is 55.5 Å². The van der Waals surface area contributed by atoms with Gasteiger partial charge in [-0.25, -0.2) is 4.39 Å². The van der Waals surface area contributed by atoms with Crippen molar-refractivity contribution in [3.05, 3.63) is 101 Å². The summed E-state index contributed by atoms with van der Waals surface area (Å²) < 4.78 is 18.9. The monoisotopic (exact) mass is 496 g/mol. The Morgan fingerprint density at radius 1 is 1.00 bits per heavy atom. The van der Waals surface area contributed by atoms with Gasteiger partial charge in [-0.15, -0.1) is 0 Å². The van der Waals surface area contributed by atoms with Crippen LogP contribution in [0.1, 0.15) is 30.9 Å². The molecule has 1 atom stereocenters. The number of nitrogens with one attached hydrogen (secondary N) is 1. The average Bonchev–Trinajstić information content (AvgIpc) is 2.87. The van der Waals surface area contributed by atoms with Crippen LogP contribution in [0.5, 0.6) is 5.75 Å². The second kappa shape index (κ2) is 13.5. The van der Waals surface area contributed by atoms with Crippen molar-refractivity contribution in [1.82, 2.24) is 10.2 Å². The normalized spacial score (nSPS) is 11.5. The van der Waals surface area contributed by atoms with Gasteiger partial charge in [-0.05, 0) is 47.9 Å². The van der Waals surface area contributed by atoms with Crippen LogP contribution in [0.25, 0.3) is 0 Å². The highest BCUT2D eigenvalue weighted by Crippen LogP contribution is 2.21. The van der Waals surface area contributed by atoms with Gasteiger partial charge in [0, 0.05) is 24.5 Å². The third kappa shape index (κ3) is 8.11. The molecular weight excluding hydrogens is 467 g/mol. The highest BCUT2D eigenvalue weighted by atomic mass is 35.5. The first kappa shape index (κ1) is 26.2. The summed E-state index contributed by atoms with van der Waals surface area (Å²) in [7, 11) is 0. The Hall–Kier alpha value is -3.38. The molecule has 0 aromatic heterocycles. The van der Waals surface area contributed by atoms with Gasteiger partial charge in [-0.1, -0.05) is 73.5 Å². The number of carbonyl (C=O) groups is 2. The number of nitrogens with zero attached hydrogens (tertiary/aromatic N) is 1. The third-order valence-corrected chi connectivity index (χ3v) is 5.94. The summed E-state index contributed by atoms with van der Waals surface area (Å²) in [6.07, 6.45) is 2.12. The highest BCUT2D eigenvalue weighted by Gasteiger charge is 2.31. The molecule has 0 saturated heterocycles. The standard InChI is InChI=1S/C28H30ClFN2O3/c1-2-3-17-31-28(34)26(18-21-9-5-4-6-10-21)32(19-22-11-7-8-12-25(22)29)27(33)20-35-24-15-13-23(30)14-16-24/h4-16,26H,2-3,17-20H2,1H3,(H,31,34)/t26-/m1/s1. The molecule has 0 fully saturated rings. The minimum Gasteiger partial charge on any atom is -0.484 e. The van der Waals surface area contributed by atoms with Gasteiger partial charge in [0.2, 0.25) is 5.91 Å². The summed E-state index contributed by atoms with van der Waals surface area (Å²) in [4.78, 5) is 28.3. The minimum atomic E-state index is -0.769. The van der Waals surface area contributed by atoms with E-state index in [0.717, 1.165) is 24.0 Å². The molecule has 0 aliphatic heterocycles. The zero-order valence-corrected chi connectivity index (χ0v) is 20.5. The van der Waals surface area contributed by atoms with Crippen LogP contribution in [-0.2, 0) is 22.6 Å². The molecule has 35 heavy (non-hydrogen) atoms. The van der Waals surface area contributed by atoms with Crippen LogP contribution < -0.4 is 10.1 Å². The van der Waals surface area contributed by atoms with Crippen molar-refractivity contribution < 1.29 is 18.7 Å². The zero-order valence-electron chi connectivity index (χ0n) is 19.8. The molecule has 5 nitrogen and oxygen atoms in total. The highest BCUT2D eigenvalue weighted by molar-refractivity contribution is 6.31. The molecule has 0 saturated carbocycles. The number of hydrogen-bond donors (Lipinski definition) is 1. The Labute approximate surface area is 210 Å². The van der Waals surface area contributed by atoms with Crippen LogP contribution >= 0.6 is 11.6 Å². The van der Waals surface area contributed by atoms with Crippen LogP contribution in [0.3, 0.4) is 0 Å². The summed E-state index contributed by atoms with van der Waals surface area (Å²) in [6.45, 7) is 2.42. The first-order chi connectivity index (χ1) is 17.0. The zero-order chi connectivity index (χ0) is 25.0. The van der Waals surface area contributed by atoms with Crippen molar-refractivity contribution in [2.75, 3.05) is 13.2 Å². The lowest BCUT2D eigenvalue weighted by atomic mass is 10.0. The van der Waals surface area contributed by atoms with E-state index in [1.165, 1.54) is 29.2 Å². The molecule has 7 heteroatoms. The fourth-order valence-corrected chi connectivity index (χ4v) is 3.82. The number of carbonyl (C=O) groups excluding carboxylic acids is 2. The fourth-order valence-electron chi connectivity index (χ4n) is 3.63. The summed E-state index contributed by atoms with van der Waals surface area (Å²) in [5.74, 6) is -0.634. The van der Waals surface area contributed by atoms with E-state index >= 15 is 0 Å². The molecule has 3 aromatic carbocycles. The van der Waals surface area contributed by atoms with Crippen LogP contribution in [0, 0.1) is 5.82 Å². The molecule has 3 aromatic rings. The smallest absolute Gasteiger partial charge is 0.261 e. The Kier molecular flexibility index (Phi) is 10.1. The first-order valence-electron chi connectivity index (χ1n) is 11.7. The van der Waals surface area contributed by atoms with Gasteiger partial charge in [0.1, 0.15) is 17.6 Å². The van der Waals surface area contributed by atoms with Gasteiger partial charge in [0.15, 0.2) is 6.61 Å². The molecule has 3 rings (SSSR count). The molecule has 0 spiro atoms. The Balaban J connectivity index is 1.88. The largest absolute Gasteiger partial charge is 0.484 e. The molecule has 0 unspecified atom stereocenters. The molecular formula is C28H30ClFN2O3. The van der Waals surface area contributed by atoms with Gasteiger partial charge in [0.25, 0.3) is 5.91 Å². The molecule has 0 aliphatic rings. The molecule has 1 N–H and O–H groups in total. The number of unbranched alkanes of at least 4 members (excludes halogenated alkanes) is 1. The van der Waals surface area contributed by atoms with E-state index in [-0.39, 0.29) is 25.0 Å². The maximum Gasteiger partial charge on any atom is 0.261 e. The lowest BCUT2D eigenvalue weighted by Gasteiger charge is -2.31. The number of amides is 2. The van der Waals surface area contributed by atoms with Gasteiger partial charge >= 0.3 is 0 Å². The van der Waals surface area contributed by atoms with Gasteiger partial charge in [-0.3, -0.25) is 9.59 Å². The predicted octanol–water partition coefficient (Wildman–Crippen LogP) is 5.41. The van der Waals surface area contributed by atoms with Gasteiger partial charge < -0.3 is 15.0 Å². The molecule has 184 valence electrons. The SMILES string of the molecule is CCCCNC(=O)[C@@H](Cc1ccccc1)N(Cc1ccccc1Cl)C(=O)COc1ccc(F)cc1. The summed E-state index contributed by atoms with van der Waals surface area (Å²) >= 11 is 6.40. The number of hydrogen-bond acceptors (Lipinski definition) is 3. The number of benzene rings is 3. The minimum absolute atomic E-state index is 0.143. The van der Waals surface area contributed by atoms with Crippen molar-refractivity contribution in [3.8, 4) is 5.75 Å². The molecule has 0 bridgehead atoms. The van der Waals surface area contributed by atoms with Crippen molar-refractivity contribution >= 4 is 23.4 Å². The Morgan fingerprint density at radius 3 is 2.37 bits per heavy atom. The summed E-state index contributed by atoms with van der Waals surface area (Å²) in [5, 5.41) is 3.48. The number of halogens is 2. The van der Waals surface area contributed by atoms with E-state index in [2.05, 4.69) is 5.32 Å². The van der Waals surface area contributed by atoms with E-state index in [4.69, 9.17) is 16.3 Å². The quantitative estimate of drug-likeness (QED) is 0.341. The van der Waals surface area contributed by atoms with Gasteiger partial charge in [0.05, 0.1) is 0 Å². The molecule has 0 heterocycles. The second-order valence-electron chi connectivity index (χ2n) is 8.21. The van der Waals surface area contributed by atoms with E-state index in [9.17, 15) is 14.0 Å². The first-order valence-corrected chi connectivity index (χ1v) is 12.1. The fraction of sp³-hybridized carbons (Fsp3) is 0.286. The van der Waals surface area contributed by atoms with Crippen molar-refractivity contribution in [1.29, 1.82) is 0 Å². The van der Waals surface area contributed by atoms with Crippen LogP contribution in [0.4, 0.5) is 4.39 Å². The Morgan fingerprint density at radius 2 is 1.69 bits per heavy atom. The van der Waals surface area contributed by atoms with Gasteiger partial charge in [-0.2, -0.15) is 0 Å². The van der Waals surface area contributed by atoms with Crippen molar-refractivity contribution in [3.63, 3.8) is 0 Å². The lowest BCUT2D eigenvalue weighted by Crippen LogP contribution is -2.51. The third-order valence-electron chi connectivity index (χ3n) is 5.58. The van der Waals surface area contributed by atoms with Crippen molar-refractivity contribution in [2.24, 2.45) is 0 Å². The van der Waals surface area contributed by atoms with Crippen molar-refractivity contribution in [2.45, 2.75) is 38.8 Å². The molecule has 0 radical (unpaired) electrons. The van der Waals surface area contributed by atoms with E-state index in [1.54, 1.807) is 6.07 Å². The second-order valence-corrected chi connectivity index (χ2v) is 8.61. The number of rotatable bonds is 12. The lowest BCUT2D eigenvalue weighted by molar-refractivity contribution is -0.142. The van der Waals surface area contributed by atoms with Crippen LogP contribution in [0.15, 0.2) is 78.9 Å². The topological polar surface area (TPSA) is 58.6 Å².